The molecule has 0 aromatic carbocycles. The van der Waals surface area contributed by atoms with E-state index >= 15 is 0 Å². The van der Waals surface area contributed by atoms with Crippen LogP contribution in [-0.2, 0) is 4.79 Å². The largest absolute Gasteiger partial charge is 0.481 e. The van der Waals surface area contributed by atoms with E-state index < -0.39 is 40.7 Å². The van der Waals surface area contributed by atoms with Crippen molar-refractivity contribution in [3.63, 3.8) is 0 Å². The number of carboxylic acid groups (broad SMARTS) is 1. The predicted molar refractivity (Wildman–Crippen MR) is 143 cm³/mol. The number of aliphatic hydroxyl groups is 5. The lowest BCUT2D eigenvalue weighted by Gasteiger charge is -2.63. The number of hydrogen-bond donors (Lipinski definition) is 6. The molecule has 5 aliphatic carbocycles. The molecule has 6 N–H and O–H groups in total. The van der Waals surface area contributed by atoms with Crippen molar-refractivity contribution < 1.29 is 35.4 Å². The van der Waals surface area contributed by atoms with Crippen molar-refractivity contribution in [1.29, 1.82) is 0 Å². The van der Waals surface area contributed by atoms with E-state index in [4.69, 9.17) is 0 Å². The molecule has 0 heterocycles. The molecule has 5 fully saturated rings. The Hall–Kier alpha value is -0.730. The van der Waals surface area contributed by atoms with Crippen LogP contribution in [0.25, 0.3) is 0 Å². The maximum Gasteiger partial charge on any atom is 0.312 e. The SMILES string of the molecule is CC(C)[C@](O)(CO)C[C@@H](O)[C@@H](C)[C@H]1CC[C@@]2(C)[C@@H]3CC[C@H]4[C@](C)(C(=O)O)[C@@H](O)C[C@H](O)[C@@]45C[C@@]35CC[C@]12C. The van der Waals surface area contributed by atoms with Gasteiger partial charge in [0.1, 0.15) is 0 Å². The van der Waals surface area contributed by atoms with E-state index in [0.717, 1.165) is 44.9 Å². The molecule has 5 rings (SSSR count). The van der Waals surface area contributed by atoms with Gasteiger partial charge in [0.25, 0.3) is 0 Å². The van der Waals surface area contributed by atoms with Crippen LogP contribution in [0.3, 0.4) is 0 Å². The molecule has 0 radical (unpaired) electrons. The minimum absolute atomic E-state index is 0.00960. The van der Waals surface area contributed by atoms with Gasteiger partial charge in [-0.1, -0.05) is 34.6 Å². The third-order valence-electron chi connectivity index (χ3n) is 14.5. The van der Waals surface area contributed by atoms with E-state index in [1.807, 2.05) is 13.8 Å². The van der Waals surface area contributed by atoms with Crippen molar-refractivity contribution in [1.82, 2.24) is 0 Å². The van der Waals surface area contributed by atoms with Crippen molar-refractivity contribution in [2.75, 3.05) is 6.61 Å². The number of hydrogen-bond acceptors (Lipinski definition) is 6. The Labute approximate surface area is 228 Å². The van der Waals surface area contributed by atoms with Gasteiger partial charge in [-0.3, -0.25) is 4.79 Å². The predicted octanol–water partition coefficient (Wildman–Crippen LogP) is 3.59. The number of carbonyl (C=O) groups is 1. The summed E-state index contributed by atoms with van der Waals surface area (Å²) >= 11 is 0. The highest BCUT2D eigenvalue weighted by Crippen LogP contribution is 2.89. The monoisotopic (exact) mass is 536 g/mol. The summed E-state index contributed by atoms with van der Waals surface area (Å²) in [4.78, 5) is 12.5. The first-order valence-electron chi connectivity index (χ1n) is 15.1. The summed E-state index contributed by atoms with van der Waals surface area (Å²) in [6, 6.07) is 0. The first-order chi connectivity index (χ1) is 17.5. The Bertz CT molecular complexity index is 970. The number of fused-ring (bicyclic) bond motifs is 2. The molecule has 38 heavy (non-hydrogen) atoms. The number of aliphatic carboxylic acids is 1. The second-order valence-corrected chi connectivity index (χ2v) is 15.4. The maximum absolute atomic E-state index is 12.5. The zero-order valence-electron chi connectivity index (χ0n) is 24.3. The van der Waals surface area contributed by atoms with Gasteiger partial charge in [-0.2, -0.15) is 0 Å². The van der Waals surface area contributed by atoms with E-state index in [1.54, 1.807) is 6.92 Å². The lowest BCUT2D eigenvalue weighted by atomic mass is 9.41. The number of rotatable bonds is 7. The van der Waals surface area contributed by atoms with Crippen molar-refractivity contribution in [3.8, 4) is 0 Å². The van der Waals surface area contributed by atoms with Crippen LogP contribution in [0.15, 0.2) is 0 Å². The Morgan fingerprint density at radius 2 is 1.58 bits per heavy atom. The summed E-state index contributed by atoms with van der Waals surface area (Å²) in [5.74, 6) is -0.686. The third-order valence-corrected chi connectivity index (χ3v) is 14.5. The fourth-order valence-corrected chi connectivity index (χ4v) is 11.5. The fraction of sp³-hybridized carbons (Fsp3) is 0.968. The van der Waals surface area contributed by atoms with Crippen LogP contribution < -0.4 is 0 Å². The van der Waals surface area contributed by atoms with Crippen molar-refractivity contribution >= 4 is 5.97 Å². The zero-order valence-corrected chi connectivity index (χ0v) is 24.3. The topological polar surface area (TPSA) is 138 Å². The minimum atomic E-state index is -1.30. The Morgan fingerprint density at radius 3 is 2.16 bits per heavy atom. The lowest BCUT2D eigenvalue weighted by molar-refractivity contribution is -0.211. The standard InChI is InChI=1S/C31H52O7/c1-17(2)30(38,16-32)14-20(33)18(3)19-9-10-27(5)21-7-8-22-28(6,25(36)37)23(34)13-24(35)31(22)15-29(21,31)12-11-26(19,27)4/h17-24,32-35,38H,7-16H2,1-6H3,(H,36,37)/t18-,19+,20+,21-,22-,23-,24-,26+,27-,28-,29-,30+,31+/m0/s1. The average molecular weight is 537 g/mol. The van der Waals surface area contributed by atoms with Gasteiger partial charge in [0.2, 0.25) is 0 Å². The van der Waals surface area contributed by atoms with Crippen LogP contribution in [-0.4, -0.2) is 67.1 Å². The molecule has 0 aromatic rings. The molecule has 7 nitrogen and oxygen atoms in total. The molecule has 5 saturated carbocycles. The molecule has 0 amide bonds. The molecule has 0 unspecified atom stereocenters. The first-order valence-corrected chi connectivity index (χ1v) is 15.1. The summed E-state index contributed by atoms with van der Waals surface area (Å²) in [5, 5.41) is 64.7. The summed E-state index contributed by atoms with van der Waals surface area (Å²) in [6.45, 7) is 12.0. The van der Waals surface area contributed by atoms with E-state index in [-0.39, 0.29) is 59.4 Å². The first kappa shape index (κ1) is 28.8. The maximum atomic E-state index is 12.5. The highest BCUT2D eigenvalue weighted by atomic mass is 16.4. The summed E-state index contributed by atoms with van der Waals surface area (Å²) < 4.78 is 0. The van der Waals surface area contributed by atoms with Crippen LogP contribution in [0, 0.1) is 56.7 Å². The van der Waals surface area contributed by atoms with Crippen LogP contribution in [0.2, 0.25) is 0 Å². The van der Waals surface area contributed by atoms with Gasteiger partial charge < -0.3 is 30.6 Å². The molecule has 13 atom stereocenters. The van der Waals surface area contributed by atoms with Gasteiger partial charge in [-0.05, 0) is 97.7 Å². The van der Waals surface area contributed by atoms with Crippen LogP contribution in [0.1, 0.15) is 99.3 Å². The summed E-state index contributed by atoms with van der Waals surface area (Å²) in [6.07, 6.45) is 4.35. The van der Waals surface area contributed by atoms with Crippen molar-refractivity contribution in [2.24, 2.45) is 56.7 Å². The molecule has 0 bridgehead atoms. The van der Waals surface area contributed by atoms with E-state index in [1.165, 1.54) is 0 Å². The van der Waals surface area contributed by atoms with Gasteiger partial charge in [0.15, 0.2) is 0 Å². The van der Waals surface area contributed by atoms with E-state index in [9.17, 15) is 35.4 Å². The molecule has 0 aliphatic heterocycles. The third kappa shape index (κ3) is 3.23. The number of carboxylic acids is 1. The molecule has 5 aliphatic rings. The van der Waals surface area contributed by atoms with Gasteiger partial charge >= 0.3 is 5.97 Å². The lowest BCUT2D eigenvalue weighted by Crippen LogP contribution is -2.63. The quantitative estimate of drug-likeness (QED) is 0.292. The fourth-order valence-electron chi connectivity index (χ4n) is 11.5. The smallest absolute Gasteiger partial charge is 0.312 e. The summed E-state index contributed by atoms with van der Waals surface area (Å²) in [5.41, 5.74) is -3.03. The average Bonchev–Trinajstić information content (AvgIpc) is 3.47. The zero-order chi connectivity index (χ0) is 28.3. The van der Waals surface area contributed by atoms with Gasteiger partial charge in [0.05, 0.1) is 35.9 Å². The molecule has 218 valence electrons. The molecular formula is C31H52O7. The molecule has 0 saturated heterocycles. The Balaban J connectivity index is 1.43. The van der Waals surface area contributed by atoms with Gasteiger partial charge in [-0.15, -0.1) is 0 Å². The highest BCUT2D eigenvalue weighted by Gasteiger charge is 2.85. The normalized spacial score (nSPS) is 52.7. The Kier molecular flexibility index (Phi) is 6.54. The van der Waals surface area contributed by atoms with Crippen molar-refractivity contribution in [3.05, 3.63) is 0 Å². The molecule has 0 aromatic heterocycles. The van der Waals surface area contributed by atoms with Crippen LogP contribution in [0.5, 0.6) is 0 Å². The van der Waals surface area contributed by atoms with Crippen molar-refractivity contribution in [2.45, 2.75) is 123 Å². The minimum Gasteiger partial charge on any atom is -0.481 e. The number of aliphatic hydroxyl groups excluding tert-OH is 4. The second-order valence-electron chi connectivity index (χ2n) is 15.4. The van der Waals surface area contributed by atoms with Crippen LogP contribution >= 0.6 is 0 Å². The molecule has 7 heteroatoms. The van der Waals surface area contributed by atoms with Crippen LogP contribution in [0.4, 0.5) is 0 Å². The van der Waals surface area contributed by atoms with E-state index in [2.05, 4.69) is 20.8 Å². The molecular weight excluding hydrogens is 484 g/mol. The molecule has 2 spiro atoms. The van der Waals surface area contributed by atoms with Gasteiger partial charge in [-0.25, -0.2) is 0 Å². The van der Waals surface area contributed by atoms with Gasteiger partial charge in [0, 0.05) is 18.3 Å². The van der Waals surface area contributed by atoms with E-state index in [0.29, 0.717) is 5.92 Å². The second kappa shape index (κ2) is 8.64. The summed E-state index contributed by atoms with van der Waals surface area (Å²) in [7, 11) is 0. The highest BCUT2D eigenvalue weighted by molar-refractivity contribution is 5.76. The Morgan fingerprint density at radius 1 is 0.947 bits per heavy atom.